The maximum atomic E-state index is 13.3. The molecule has 2 fully saturated rings. The van der Waals surface area contributed by atoms with E-state index in [0.29, 0.717) is 15.8 Å². The van der Waals surface area contributed by atoms with Gasteiger partial charge in [0.15, 0.2) is 0 Å². The van der Waals surface area contributed by atoms with Crippen molar-refractivity contribution in [2.45, 2.75) is 67.7 Å². The topological polar surface area (TPSA) is 54.4 Å². The fraction of sp³-hybridized carbons (Fsp3) is 0.727. The van der Waals surface area contributed by atoms with Crippen LogP contribution < -0.4 is 0 Å². The zero-order valence-electron chi connectivity index (χ0n) is 17.6. The zero-order valence-corrected chi connectivity index (χ0v) is 24.6. The van der Waals surface area contributed by atoms with Crippen molar-refractivity contribution in [3.05, 3.63) is 36.5 Å². The number of fused-ring (bicyclic) bond motifs is 1. The fourth-order valence-electron chi connectivity index (χ4n) is 6.37. The van der Waals surface area contributed by atoms with Gasteiger partial charge in [-0.15, -0.1) is 0 Å². The van der Waals surface area contributed by atoms with Crippen LogP contribution in [0.25, 0.3) is 0 Å². The zero-order chi connectivity index (χ0) is 20.8. The van der Waals surface area contributed by atoms with Crippen LogP contribution in [0.2, 0.25) is 3.43 Å². The summed E-state index contributed by atoms with van der Waals surface area (Å²) in [5, 5.41) is 10.7. The van der Waals surface area contributed by atoms with Crippen molar-refractivity contribution in [1.82, 2.24) is 0 Å². The molecule has 3 aliphatic carbocycles. The van der Waals surface area contributed by atoms with E-state index >= 15 is 0 Å². The Hall–Kier alpha value is 0.355. The average molecular weight is 614 g/mol. The van der Waals surface area contributed by atoms with Gasteiger partial charge in [0, 0.05) is 0 Å². The van der Waals surface area contributed by atoms with Gasteiger partial charge in [-0.25, -0.2) is 0 Å². The Kier molecular flexibility index (Phi) is 6.68. The third-order valence-electron chi connectivity index (χ3n) is 8.20. The van der Waals surface area contributed by atoms with E-state index in [1.54, 1.807) is 24.3 Å². The molecule has 0 amide bonds. The monoisotopic (exact) mass is 614 g/mol. The molecule has 154 valence electrons. The first kappa shape index (κ1) is 23.0. The molecule has 2 saturated carbocycles. The molecule has 3 aliphatic rings. The fourth-order valence-corrected chi connectivity index (χ4v) is 17.4. The Morgan fingerprint density at radius 2 is 1.64 bits per heavy atom. The van der Waals surface area contributed by atoms with Gasteiger partial charge in [-0.3, -0.25) is 0 Å². The van der Waals surface area contributed by atoms with E-state index in [1.165, 1.54) is 0 Å². The summed E-state index contributed by atoms with van der Waals surface area (Å²) < 4.78 is 27.3. The van der Waals surface area contributed by atoms with Gasteiger partial charge in [0.1, 0.15) is 0 Å². The molecule has 1 N–H and O–H groups in total. The second-order valence-corrected chi connectivity index (χ2v) is 20.1. The van der Waals surface area contributed by atoms with Gasteiger partial charge < -0.3 is 0 Å². The van der Waals surface area contributed by atoms with Crippen molar-refractivity contribution >= 4 is 18.1 Å². The normalized spacial score (nSPS) is 40.6. The number of allylic oxidation sites excluding steroid dienone is 4. The Bertz CT molecular complexity index is 768. The molecule has 3 nitrogen and oxygen atoms in total. The molecule has 0 aliphatic heterocycles. The predicted octanol–water partition coefficient (Wildman–Crippen LogP) is 5.08. The molecule has 0 bridgehead atoms. The molecular weight excluding hydrogens is 580 g/mol. The summed E-state index contributed by atoms with van der Waals surface area (Å²) in [6, 6.07) is 0. The van der Waals surface area contributed by atoms with E-state index in [9.17, 15) is 13.5 Å². The van der Waals surface area contributed by atoms with Crippen molar-refractivity contribution in [2.24, 2.45) is 22.7 Å². The summed E-state index contributed by atoms with van der Waals surface area (Å²) in [7, 11) is 3.10. The minimum absolute atomic E-state index is 0.0399. The molecule has 0 aromatic carbocycles. The van der Waals surface area contributed by atoms with Crippen molar-refractivity contribution in [1.29, 1.82) is 0 Å². The van der Waals surface area contributed by atoms with Gasteiger partial charge in [0.2, 0.25) is 0 Å². The third kappa shape index (κ3) is 4.09. The van der Waals surface area contributed by atoms with E-state index in [2.05, 4.69) is 20.8 Å². The van der Waals surface area contributed by atoms with Crippen LogP contribution in [-0.2, 0) is 33.2 Å². The summed E-state index contributed by atoms with van der Waals surface area (Å²) in [6.07, 6.45) is 14.5. The summed E-state index contributed by atoms with van der Waals surface area (Å²) in [4.78, 5) is 0. The van der Waals surface area contributed by atoms with Crippen LogP contribution in [0.15, 0.2) is 36.5 Å². The van der Waals surface area contributed by atoms with Crippen molar-refractivity contribution in [2.75, 3.05) is 5.75 Å². The van der Waals surface area contributed by atoms with E-state index in [0.717, 1.165) is 19.3 Å². The standard InChI is InChI=1S/C22H33O3S.ClH.Hg/c1-20(2)13-9-14-21(3)18(20)12-15-22(4,23)19(21)16-26(24,25)17-10-7-5-6-8-11-17;;/h5-8,10-11,13,17-19,23H,9,12,14-16H2,1-4H3;1H;/q;;+1/p-1/t18-,19+,21-,22+;;/m0../s1. The molecule has 28 heavy (non-hydrogen) atoms. The van der Waals surface area contributed by atoms with Gasteiger partial charge in [-0.2, -0.15) is 0 Å². The van der Waals surface area contributed by atoms with Crippen LogP contribution in [-0.4, -0.2) is 30.1 Å². The number of hydrogen-bond acceptors (Lipinski definition) is 3. The van der Waals surface area contributed by atoms with Crippen LogP contribution >= 0.6 is 8.25 Å². The second-order valence-electron chi connectivity index (χ2n) is 10.2. The molecule has 0 radical (unpaired) electrons. The van der Waals surface area contributed by atoms with E-state index in [-0.39, 0.29) is 22.5 Å². The summed E-state index contributed by atoms with van der Waals surface area (Å²) in [6.45, 7) is 8.79. The number of halogens is 1. The SMILES string of the molecule is CC1(C)[C@@H]([Hg][Cl])CC[C@]2(C)[C@@H](CS(=O)(=O)C3C=CC=CC=C3)[C@](C)(O)CC[C@@H]12. The molecular formula is C22H33ClHgO3S. The summed E-state index contributed by atoms with van der Waals surface area (Å²) >= 11 is -1.41. The predicted molar refractivity (Wildman–Crippen MR) is 113 cm³/mol. The maximum absolute atomic E-state index is 13.3. The first-order valence-corrected chi connectivity index (χ1v) is 22.1. The first-order chi connectivity index (χ1) is 12.9. The van der Waals surface area contributed by atoms with Crippen LogP contribution in [0.3, 0.4) is 0 Å². The number of sulfone groups is 1. The van der Waals surface area contributed by atoms with Gasteiger partial charge in [0.05, 0.1) is 0 Å². The molecule has 5 atom stereocenters. The van der Waals surface area contributed by atoms with Crippen LogP contribution in [0.1, 0.15) is 53.4 Å². The Balaban J connectivity index is 1.96. The first-order valence-electron chi connectivity index (χ1n) is 10.5. The molecule has 0 saturated heterocycles. The number of hydrogen-bond donors (Lipinski definition) is 1. The average Bonchev–Trinajstić information content (AvgIpc) is 2.88. The third-order valence-corrected chi connectivity index (χ3v) is 20.5. The van der Waals surface area contributed by atoms with Gasteiger partial charge in [0.25, 0.3) is 0 Å². The van der Waals surface area contributed by atoms with Crippen molar-refractivity contribution < 1.29 is 36.9 Å². The van der Waals surface area contributed by atoms with Crippen LogP contribution in [0.5, 0.6) is 0 Å². The van der Waals surface area contributed by atoms with Crippen LogP contribution in [0.4, 0.5) is 0 Å². The Labute approximate surface area is 186 Å². The molecule has 0 spiro atoms. The molecule has 3 rings (SSSR count). The Morgan fingerprint density at radius 3 is 2.21 bits per heavy atom. The van der Waals surface area contributed by atoms with Gasteiger partial charge >= 0.3 is 187 Å². The van der Waals surface area contributed by atoms with Crippen LogP contribution in [0, 0.1) is 22.7 Å². The molecule has 0 unspecified atom stereocenters. The minimum atomic E-state index is -3.41. The molecule has 0 aromatic rings. The molecule has 0 heterocycles. The summed E-state index contributed by atoms with van der Waals surface area (Å²) in [5.41, 5.74) is -0.991. The van der Waals surface area contributed by atoms with Crippen molar-refractivity contribution in [3.63, 3.8) is 0 Å². The van der Waals surface area contributed by atoms with E-state index in [4.69, 9.17) is 8.25 Å². The van der Waals surface area contributed by atoms with Gasteiger partial charge in [-0.05, 0) is 0 Å². The van der Waals surface area contributed by atoms with Gasteiger partial charge in [-0.1, -0.05) is 0 Å². The Morgan fingerprint density at radius 1 is 1.04 bits per heavy atom. The second kappa shape index (κ2) is 8.13. The molecule has 0 aromatic heterocycles. The van der Waals surface area contributed by atoms with Crippen molar-refractivity contribution in [3.8, 4) is 0 Å². The van der Waals surface area contributed by atoms with E-state index in [1.807, 2.05) is 19.1 Å². The number of rotatable bonds is 4. The molecule has 6 heteroatoms. The quantitative estimate of drug-likeness (QED) is 0.451. The summed E-state index contributed by atoms with van der Waals surface area (Å²) in [5.74, 6) is 0.201. The van der Waals surface area contributed by atoms with E-state index < -0.39 is 44.0 Å². The number of aliphatic hydroxyl groups is 1.